The molecule has 3 aliphatic rings. The second-order valence-corrected chi connectivity index (χ2v) is 14.1. The lowest BCUT2D eigenvalue weighted by Gasteiger charge is -2.57. The van der Waals surface area contributed by atoms with E-state index in [1.807, 2.05) is 36.4 Å². The fraction of sp³-hybridized carbons (Fsp3) is 0.375. The Bertz CT molecular complexity index is 1540. The molecule has 1 saturated carbocycles. The fourth-order valence-electron chi connectivity index (χ4n) is 6.32. The third kappa shape index (κ3) is 6.41. The van der Waals surface area contributed by atoms with Crippen LogP contribution in [0.5, 0.6) is 0 Å². The van der Waals surface area contributed by atoms with Crippen LogP contribution in [0.3, 0.4) is 0 Å². The summed E-state index contributed by atoms with van der Waals surface area (Å²) in [5.74, 6) is -8.32. The summed E-state index contributed by atoms with van der Waals surface area (Å²) in [5, 5.41) is 15.1. The van der Waals surface area contributed by atoms with Crippen LogP contribution in [-0.4, -0.2) is 80.3 Å². The molecule has 8 amide bonds. The van der Waals surface area contributed by atoms with E-state index in [0.29, 0.717) is 0 Å². The lowest BCUT2D eigenvalue weighted by molar-refractivity contribution is -0.139. The van der Waals surface area contributed by atoms with Gasteiger partial charge in [0.25, 0.3) is 0 Å². The van der Waals surface area contributed by atoms with Gasteiger partial charge >= 0.3 is 0 Å². The van der Waals surface area contributed by atoms with E-state index in [2.05, 4.69) is 31.9 Å². The average molecular weight is 695 g/mol. The quantitative estimate of drug-likeness (QED) is 0.135. The zero-order chi connectivity index (χ0) is 34.6. The Morgan fingerprint density at radius 2 is 1.00 bits per heavy atom. The lowest BCUT2D eigenvalue weighted by Crippen LogP contribution is -2.76. The minimum absolute atomic E-state index is 0.156. The number of carbonyl (C=O) groups is 8. The molecule has 6 atom stereocenters. The van der Waals surface area contributed by atoms with Crippen LogP contribution in [0.15, 0.2) is 60.7 Å². The highest BCUT2D eigenvalue weighted by atomic mass is 32.2. The molecule has 48 heavy (non-hydrogen) atoms. The predicted octanol–water partition coefficient (Wildman–Crippen LogP) is -0.869. The van der Waals surface area contributed by atoms with Crippen LogP contribution in [-0.2, 0) is 51.4 Å². The first-order valence-corrected chi connectivity index (χ1v) is 17.0. The van der Waals surface area contributed by atoms with Crippen molar-refractivity contribution < 1.29 is 38.4 Å². The van der Waals surface area contributed by atoms with Crippen molar-refractivity contribution in [2.45, 2.75) is 48.5 Å². The summed E-state index contributed by atoms with van der Waals surface area (Å²) in [6.07, 6.45) is 0. The number of amides is 8. The SMILES string of the molecule is CC(=O)N[C@@H](CS[C@@]12C(=O)NC(=O)[C@@H]1[C@H]1C(=O)NC(=O)[C@]12SC[C@H](NC(C)=O)C(=O)NCc1ccccc1)C(=O)NCc1ccccc1. The molecule has 252 valence electrons. The zero-order valence-electron chi connectivity index (χ0n) is 26.0. The molecule has 0 aromatic heterocycles. The number of hydrogen-bond acceptors (Lipinski definition) is 10. The maximum Gasteiger partial charge on any atom is 0.245 e. The van der Waals surface area contributed by atoms with Gasteiger partial charge in [0.2, 0.25) is 47.3 Å². The number of fused-ring (bicyclic) bond motifs is 4. The molecule has 2 saturated heterocycles. The summed E-state index contributed by atoms with van der Waals surface area (Å²) < 4.78 is -3.74. The summed E-state index contributed by atoms with van der Waals surface area (Å²) in [4.78, 5) is 104. The first-order chi connectivity index (χ1) is 22.9. The molecule has 14 nitrogen and oxygen atoms in total. The Morgan fingerprint density at radius 3 is 1.33 bits per heavy atom. The number of carbonyl (C=O) groups excluding carboxylic acids is 8. The molecule has 2 aromatic carbocycles. The molecule has 0 radical (unpaired) electrons. The molecule has 0 bridgehead atoms. The number of imide groups is 2. The standard InChI is InChI=1S/C32H34N6O8S2/c1-17(39)35-21(25(41)33-13-19-9-5-3-6-10-19)15-47-31-23(27(43)37-29(31)45)24-28(44)38-30(46)32(24,31)48-16-22(36-18(2)40)26(42)34-14-20-11-7-4-8-12-20/h3-12,21-24H,13-16H2,1-2H3,(H,33,41)(H,34,42)(H,35,39)(H,36,40)(H,37,43,45)(H,38,44,46)/t21-,22-,23-,24-,31+,32+/m0/s1. The van der Waals surface area contributed by atoms with E-state index in [1.54, 1.807) is 24.3 Å². The highest BCUT2D eigenvalue weighted by molar-refractivity contribution is 8.06. The van der Waals surface area contributed by atoms with Crippen molar-refractivity contribution in [3.8, 4) is 0 Å². The summed E-state index contributed by atoms with van der Waals surface area (Å²) in [6.45, 7) is 2.76. The zero-order valence-corrected chi connectivity index (χ0v) is 27.6. The third-order valence-corrected chi connectivity index (χ3v) is 12.0. The van der Waals surface area contributed by atoms with Gasteiger partial charge in [0.1, 0.15) is 21.6 Å². The van der Waals surface area contributed by atoms with Gasteiger partial charge in [-0.2, -0.15) is 0 Å². The van der Waals surface area contributed by atoms with Gasteiger partial charge in [-0.15, -0.1) is 23.5 Å². The van der Waals surface area contributed by atoms with Crippen molar-refractivity contribution in [2.24, 2.45) is 11.8 Å². The van der Waals surface area contributed by atoms with Crippen LogP contribution in [0.4, 0.5) is 0 Å². The van der Waals surface area contributed by atoms with Gasteiger partial charge in [0.05, 0.1) is 11.8 Å². The maximum absolute atomic E-state index is 13.7. The molecule has 3 fully saturated rings. The molecule has 2 aromatic rings. The first kappa shape index (κ1) is 34.6. The van der Waals surface area contributed by atoms with Gasteiger partial charge in [-0.05, 0) is 11.1 Å². The summed E-state index contributed by atoms with van der Waals surface area (Å²) in [6, 6.07) is 15.7. The number of rotatable bonds is 14. The minimum atomic E-state index is -1.87. The third-order valence-electron chi connectivity index (χ3n) is 8.44. The molecule has 2 aliphatic heterocycles. The van der Waals surface area contributed by atoms with Crippen LogP contribution < -0.4 is 31.9 Å². The first-order valence-electron chi connectivity index (χ1n) is 15.1. The molecule has 2 heterocycles. The topological polar surface area (TPSA) is 209 Å². The van der Waals surface area contributed by atoms with E-state index >= 15 is 0 Å². The molecule has 5 rings (SSSR count). The van der Waals surface area contributed by atoms with Gasteiger partial charge in [-0.25, -0.2) is 0 Å². The minimum Gasteiger partial charge on any atom is -0.350 e. The number of nitrogens with one attached hydrogen (secondary N) is 6. The second-order valence-electron chi connectivity index (χ2n) is 11.6. The molecule has 16 heteroatoms. The number of thioether (sulfide) groups is 2. The highest BCUT2D eigenvalue weighted by Crippen LogP contribution is 2.69. The van der Waals surface area contributed by atoms with E-state index in [-0.39, 0.29) is 24.6 Å². The summed E-state index contributed by atoms with van der Waals surface area (Å²) in [7, 11) is 0. The van der Waals surface area contributed by atoms with E-state index in [1.165, 1.54) is 13.8 Å². The molecular weight excluding hydrogens is 661 g/mol. The van der Waals surface area contributed by atoms with Gasteiger partial charge < -0.3 is 21.3 Å². The van der Waals surface area contributed by atoms with Crippen molar-refractivity contribution in [1.29, 1.82) is 0 Å². The normalized spacial score (nSPS) is 25.0. The Balaban J connectivity index is 1.40. The maximum atomic E-state index is 13.7. The van der Waals surface area contributed by atoms with Gasteiger partial charge in [0, 0.05) is 38.4 Å². The van der Waals surface area contributed by atoms with E-state index in [9.17, 15) is 38.4 Å². The average Bonchev–Trinajstić information content (AvgIpc) is 3.39. The Morgan fingerprint density at radius 1 is 0.646 bits per heavy atom. The Kier molecular flexibility index (Phi) is 10.2. The smallest absolute Gasteiger partial charge is 0.245 e. The fourth-order valence-corrected chi connectivity index (χ4v) is 10.1. The van der Waals surface area contributed by atoms with Crippen molar-refractivity contribution in [3.05, 3.63) is 71.8 Å². The van der Waals surface area contributed by atoms with Gasteiger partial charge in [-0.1, -0.05) is 60.7 Å². The largest absolute Gasteiger partial charge is 0.350 e. The predicted molar refractivity (Wildman–Crippen MR) is 175 cm³/mol. The Hall–Kier alpha value is -4.70. The summed E-state index contributed by atoms with van der Waals surface area (Å²) in [5.41, 5.74) is 1.61. The van der Waals surface area contributed by atoms with Crippen LogP contribution >= 0.6 is 23.5 Å². The van der Waals surface area contributed by atoms with Crippen molar-refractivity contribution in [2.75, 3.05) is 11.5 Å². The van der Waals surface area contributed by atoms with Gasteiger partial charge in [0.15, 0.2) is 0 Å². The molecule has 0 spiro atoms. The van der Waals surface area contributed by atoms with Crippen molar-refractivity contribution in [3.63, 3.8) is 0 Å². The second kappa shape index (κ2) is 14.2. The number of hydrogen-bond donors (Lipinski definition) is 6. The van der Waals surface area contributed by atoms with Crippen molar-refractivity contribution in [1.82, 2.24) is 31.9 Å². The van der Waals surface area contributed by atoms with Crippen LogP contribution in [0.1, 0.15) is 25.0 Å². The monoisotopic (exact) mass is 694 g/mol. The number of benzene rings is 2. The lowest BCUT2D eigenvalue weighted by atomic mass is 9.57. The Labute approximate surface area is 284 Å². The molecule has 0 unspecified atom stereocenters. The van der Waals surface area contributed by atoms with E-state index < -0.39 is 80.7 Å². The molecular formula is C32H34N6O8S2. The van der Waals surface area contributed by atoms with E-state index in [0.717, 1.165) is 34.7 Å². The van der Waals surface area contributed by atoms with Crippen LogP contribution in [0, 0.1) is 11.8 Å². The summed E-state index contributed by atoms with van der Waals surface area (Å²) >= 11 is 1.65. The van der Waals surface area contributed by atoms with E-state index in [4.69, 9.17) is 0 Å². The molecule has 6 N–H and O–H groups in total. The van der Waals surface area contributed by atoms with Crippen molar-refractivity contribution >= 4 is 70.8 Å². The van der Waals surface area contributed by atoms with Crippen LogP contribution in [0.2, 0.25) is 0 Å². The van der Waals surface area contributed by atoms with Gasteiger partial charge in [-0.3, -0.25) is 49.0 Å². The van der Waals surface area contributed by atoms with Crippen LogP contribution in [0.25, 0.3) is 0 Å². The highest BCUT2D eigenvalue weighted by Gasteiger charge is 2.88. The molecule has 1 aliphatic carbocycles.